The summed E-state index contributed by atoms with van der Waals surface area (Å²) in [4.78, 5) is 11.0. The van der Waals surface area contributed by atoms with E-state index in [2.05, 4.69) is 0 Å². The minimum atomic E-state index is -3.38. The molecule has 0 bridgehead atoms. The van der Waals surface area contributed by atoms with Crippen LogP contribution in [0, 0.1) is 5.92 Å². The van der Waals surface area contributed by atoms with E-state index in [1.165, 1.54) is 16.1 Å². The maximum atomic E-state index is 12.0. The molecule has 1 saturated carbocycles. The summed E-state index contributed by atoms with van der Waals surface area (Å²) in [6.45, 7) is 0.330. The Morgan fingerprint density at radius 1 is 1.44 bits per heavy atom. The van der Waals surface area contributed by atoms with Gasteiger partial charge in [0.1, 0.15) is 6.04 Å². The van der Waals surface area contributed by atoms with Crippen molar-refractivity contribution < 1.29 is 18.3 Å². The average molecular weight is 265 g/mol. The van der Waals surface area contributed by atoms with Gasteiger partial charge in [-0.05, 0) is 18.8 Å². The number of rotatable bonds is 4. The first-order valence-corrected chi connectivity index (χ1v) is 8.07. The molecule has 0 aromatic heterocycles. The van der Waals surface area contributed by atoms with E-state index in [0.717, 1.165) is 12.8 Å². The fourth-order valence-corrected chi connectivity index (χ4v) is 5.08. The number of carboxylic acid groups (broad SMARTS) is 1. The van der Waals surface area contributed by atoms with Gasteiger partial charge < -0.3 is 5.11 Å². The van der Waals surface area contributed by atoms with Gasteiger partial charge in [-0.2, -0.15) is 16.1 Å². The zero-order chi connectivity index (χ0) is 11.8. The number of thioether (sulfide) groups is 1. The predicted molar refractivity (Wildman–Crippen MR) is 62.0 cm³/mol. The number of hydrogen-bond donors (Lipinski definition) is 1. The molecule has 0 radical (unpaired) electrons. The lowest BCUT2D eigenvalue weighted by atomic mass is 10.3. The summed E-state index contributed by atoms with van der Waals surface area (Å²) in [6.07, 6.45) is 1.92. The van der Waals surface area contributed by atoms with Crippen LogP contribution < -0.4 is 0 Å². The highest BCUT2D eigenvalue weighted by atomic mass is 32.2. The van der Waals surface area contributed by atoms with Gasteiger partial charge in [0, 0.05) is 18.1 Å². The van der Waals surface area contributed by atoms with E-state index >= 15 is 0 Å². The van der Waals surface area contributed by atoms with Crippen LogP contribution in [0.4, 0.5) is 0 Å². The van der Waals surface area contributed by atoms with Crippen LogP contribution in [-0.2, 0) is 14.8 Å². The Bertz CT molecular complexity index is 377. The van der Waals surface area contributed by atoms with Gasteiger partial charge in [-0.15, -0.1) is 0 Å². The lowest BCUT2D eigenvalue weighted by Crippen LogP contribution is -2.51. The smallest absolute Gasteiger partial charge is 0.322 e. The molecule has 2 fully saturated rings. The zero-order valence-electron chi connectivity index (χ0n) is 8.83. The Morgan fingerprint density at radius 3 is 2.69 bits per heavy atom. The van der Waals surface area contributed by atoms with Gasteiger partial charge in [0.05, 0.1) is 5.75 Å². The maximum absolute atomic E-state index is 12.0. The average Bonchev–Trinajstić information content (AvgIpc) is 3.01. The third-order valence-corrected chi connectivity index (χ3v) is 5.93. The second kappa shape index (κ2) is 4.54. The number of nitrogens with zero attached hydrogens (tertiary/aromatic N) is 1. The highest BCUT2D eigenvalue weighted by molar-refractivity contribution is 7.99. The fraction of sp³-hybridized carbons (Fsp3) is 0.889. The first kappa shape index (κ1) is 12.2. The van der Waals surface area contributed by atoms with Crippen molar-refractivity contribution in [2.75, 3.05) is 23.8 Å². The molecule has 1 saturated heterocycles. The summed E-state index contributed by atoms with van der Waals surface area (Å²) in [7, 11) is -3.38. The molecule has 1 aliphatic carbocycles. The molecule has 1 N–H and O–H groups in total. The second-order valence-electron chi connectivity index (χ2n) is 4.26. The molecule has 0 aromatic rings. The van der Waals surface area contributed by atoms with E-state index in [1.54, 1.807) is 0 Å². The van der Waals surface area contributed by atoms with Crippen molar-refractivity contribution >= 4 is 27.8 Å². The molecule has 0 aromatic carbocycles. The van der Waals surface area contributed by atoms with Crippen LogP contribution >= 0.6 is 11.8 Å². The van der Waals surface area contributed by atoms with E-state index in [-0.39, 0.29) is 11.7 Å². The van der Waals surface area contributed by atoms with Crippen LogP contribution in [0.1, 0.15) is 12.8 Å². The Hall–Kier alpha value is -0.270. The molecule has 0 spiro atoms. The van der Waals surface area contributed by atoms with Crippen LogP contribution in [0.15, 0.2) is 0 Å². The predicted octanol–water partition coefficient (Wildman–Crippen LogP) is 0.228. The molecule has 1 atom stereocenters. The monoisotopic (exact) mass is 265 g/mol. The molecule has 16 heavy (non-hydrogen) atoms. The minimum Gasteiger partial charge on any atom is -0.480 e. The summed E-state index contributed by atoms with van der Waals surface area (Å²) >= 11 is 1.50. The molecule has 92 valence electrons. The summed E-state index contributed by atoms with van der Waals surface area (Å²) in [5.74, 6) is 0.398. The molecule has 2 rings (SSSR count). The number of hydrogen-bond acceptors (Lipinski definition) is 4. The number of aliphatic carboxylic acids is 1. The van der Waals surface area contributed by atoms with Crippen molar-refractivity contribution in [1.29, 1.82) is 0 Å². The number of carbonyl (C=O) groups is 1. The second-order valence-corrected chi connectivity index (χ2v) is 7.38. The minimum absolute atomic E-state index is 0.126. The van der Waals surface area contributed by atoms with Gasteiger partial charge in [0.2, 0.25) is 10.0 Å². The summed E-state index contributed by atoms with van der Waals surface area (Å²) in [5.41, 5.74) is 0. The van der Waals surface area contributed by atoms with Gasteiger partial charge in [0.15, 0.2) is 0 Å². The molecule has 7 heteroatoms. The zero-order valence-corrected chi connectivity index (χ0v) is 10.5. The normalized spacial score (nSPS) is 27.9. The van der Waals surface area contributed by atoms with Gasteiger partial charge in [-0.1, -0.05) is 0 Å². The summed E-state index contributed by atoms with van der Waals surface area (Å²) < 4.78 is 25.2. The van der Waals surface area contributed by atoms with E-state index in [1.807, 2.05) is 0 Å². The SMILES string of the molecule is O=C(O)C1CSCCN1S(=O)(=O)CC1CC1. The number of carboxylic acids is 1. The van der Waals surface area contributed by atoms with Crippen molar-refractivity contribution in [1.82, 2.24) is 4.31 Å². The standard InChI is InChI=1S/C9H15NO4S2/c11-9(12)8-5-15-4-3-10(8)16(13,14)6-7-1-2-7/h7-8H,1-6H2,(H,11,12). The molecule has 1 aliphatic heterocycles. The molecule has 0 amide bonds. The molecular weight excluding hydrogens is 250 g/mol. The lowest BCUT2D eigenvalue weighted by molar-refractivity contribution is -0.140. The van der Waals surface area contributed by atoms with Crippen LogP contribution in [-0.4, -0.2) is 53.6 Å². The Labute approximate surface area is 99.2 Å². The van der Waals surface area contributed by atoms with E-state index in [0.29, 0.717) is 18.1 Å². The fourth-order valence-electron chi connectivity index (χ4n) is 1.79. The summed E-state index contributed by atoms with van der Waals surface area (Å²) in [6, 6.07) is -0.873. The molecule has 1 unspecified atom stereocenters. The van der Waals surface area contributed by atoms with Gasteiger partial charge >= 0.3 is 5.97 Å². The molecule has 1 heterocycles. The summed E-state index contributed by atoms with van der Waals surface area (Å²) in [5, 5.41) is 9.00. The van der Waals surface area contributed by atoms with Crippen LogP contribution in [0.25, 0.3) is 0 Å². The molecule has 2 aliphatic rings. The quantitative estimate of drug-likeness (QED) is 0.787. The topological polar surface area (TPSA) is 74.7 Å². The van der Waals surface area contributed by atoms with E-state index in [4.69, 9.17) is 5.11 Å². The maximum Gasteiger partial charge on any atom is 0.322 e. The van der Waals surface area contributed by atoms with Gasteiger partial charge in [0.25, 0.3) is 0 Å². The lowest BCUT2D eigenvalue weighted by Gasteiger charge is -2.31. The van der Waals surface area contributed by atoms with Crippen molar-refractivity contribution in [2.45, 2.75) is 18.9 Å². The Morgan fingerprint density at radius 2 is 2.12 bits per heavy atom. The van der Waals surface area contributed by atoms with Gasteiger partial charge in [-0.25, -0.2) is 8.42 Å². The van der Waals surface area contributed by atoms with E-state index < -0.39 is 22.0 Å². The van der Waals surface area contributed by atoms with Crippen molar-refractivity contribution in [2.24, 2.45) is 5.92 Å². The first-order valence-electron chi connectivity index (χ1n) is 5.31. The van der Waals surface area contributed by atoms with E-state index in [9.17, 15) is 13.2 Å². The highest BCUT2D eigenvalue weighted by Crippen LogP contribution is 2.32. The molecule has 5 nitrogen and oxygen atoms in total. The molecular formula is C9H15NO4S2. The van der Waals surface area contributed by atoms with Crippen LogP contribution in [0.5, 0.6) is 0 Å². The van der Waals surface area contributed by atoms with Crippen LogP contribution in [0.3, 0.4) is 0 Å². The highest BCUT2D eigenvalue weighted by Gasteiger charge is 2.39. The Kier molecular flexibility index (Phi) is 3.46. The van der Waals surface area contributed by atoms with Crippen LogP contribution in [0.2, 0.25) is 0 Å². The first-order chi connectivity index (χ1) is 7.50. The van der Waals surface area contributed by atoms with Crippen molar-refractivity contribution in [3.63, 3.8) is 0 Å². The third kappa shape index (κ3) is 2.70. The van der Waals surface area contributed by atoms with Gasteiger partial charge in [-0.3, -0.25) is 4.79 Å². The van der Waals surface area contributed by atoms with Crippen molar-refractivity contribution in [3.8, 4) is 0 Å². The Balaban J connectivity index is 2.11. The van der Waals surface area contributed by atoms with Crippen molar-refractivity contribution in [3.05, 3.63) is 0 Å². The number of sulfonamides is 1. The largest absolute Gasteiger partial charge is 0.480 e. The third-order valence-electron chi connectivity index (χ3n) is 2.86.